The lowest BCUT2D eigenvalue weighted by atomic mass is 9.32. The summed E-state index contributed by atoms with van der Waals surface area (Å²) < 4.78 is 0. The quantitative estimate of drug-likeness (QED) is 0.121. The first kappa shape index (κ1) is 43.8. The highest BCUT2D eigenvalue weighted by molar-refractivity contribution is 7.00. The van der Waals surface area contributed by atoms with Gasteiger partial charge in [-0.1, -0.05) is 252 Å². The first-order valence-corrected chi connectivity index (χ1v) is 28.2. The van der Waals surface area contributed by atoms with E-state index < -0.39 is 10.8 Å². The minimum Gasteiger partial charge on any atom is -0.311 e. The van der Waals surface area contributed by atoms with Crippen LogP contribution < -0.4 is 26.2 Å². The normalized spacial score (nSPS) is 16.7. The molecule has 12 aromatic rings. The number of fused-ring (bicyclic) bond motifs is 24. The molecule has 6 aliphatic rings. The topological polar surface area (TPSA) is 19.4 Å². The van der Waals surface area contributed by atoms with E-state index in [-0.39, 0.29) is 17.5 Å². The number of hydrogen-bond acceptors (Lipinski definition) is 3. The summed E-state index contributed by atoms with van der Waals surface area (Å²) in [4.78, 5) is 11.4. The molecule has 0 fully saturated rings. The summed E-state index contributed by atoms with van der Waals surface area (Å²) in [6, 6.07) is 93.2. The third-order valence-corrected chi connectivity index (χ3v) is 19.9. The van der Waals surface area contributed by atoms with E-state index in [0.717, 1.165) is 33.2 Å². The lowest BCUT2D eigenvalue weighted by Crippen LogP contribution is -2.64. The number of nitrogens with zero attached hydrogens (tertiary/aromatic N) is 3. The Labute approximate surface area is 461 Å². The van der Waals surface area contributed by atoms with Gasteiger partial charge in [-0.3, -0.25) is 0 Å². The van der Waals surface area contributed by atoms with Crippen LogP contribution in [0.2, 0.25) is 0 Å². The van der Waals surface area contributed by atoms with Crippen LogP contribution in [-0.2, 0) is 21.7 Å². The zero-order valence-electron chi connectivity index (χ0n) is 44.5. The molecule has 0 atom stereocenters. The Morgan fingerprint density at radius 3 is 1.22 bits per heavy atom. The number of aromatic nitrogens is 1. The molecule has 79 heavy (non-hydrogen) atoms. The van der Waals surface area contributed by atoms with Crippen molar-refractivity contribution in [3.8, 4) is 11.3 Å². The maximum Gasteiger partial charge on any atom is 0.252 e. The van der Waals surface area contributed by atoms with E-state index in [4.69, 9.17) is 4.98 Å². The largest absolute Gasteiger partial charge is 0.311 e. The zero-order valence-corrected chi connectivity index (χ0v) is 44.5. The van der Waals surface area contributed by atoms with E-state index in [1.165, 1.54) is 117 Å². The lowest BCUT2D eigenvalue weighted by Gasteiger charge is -2.56. The van der Waals surface area contributed by atoms with Crippen molar-refractivity contribution in [2.45, 2.75) is 49.4 Å². The van der Waals surface area contributed by atoms with E-state index in [1.54, 1.807) is 0 Å². The molecule has 0 saturated heterocycles. The van der Waals surface area contributed by atoms with Crippen LogP contribution in [0.3, 0.4) is 0 Å². The molecule has 18 rings (SSSR count). The lowest BCUT2D eigenvalue weighted by molar-refractivity contribution is 0.556. The Kier molecular flexibility index (Phi) is 8.24. The molecule has 0 bridgehead atoms. The van der Waals surface area contributed by atoms with Crippen LogP contribution in [0, 0.1) is 0 Å². The summed E-state index contributed by atoms with van der Waals surface area (Å²) >= 11 is 0. The molecule has 3 nitrogen and oxygen atoms in total. The van der Waals surface area contributed by atoms with Crippen molar-refractivity contribution >= 4 is 78.9 Å². The molecule has 4 aliphatic heterocycles. The average Bonchev–Trinajstić information content (AvgIpc) is 2.65. The monoisotopic (exact) mass is 1010 g/mol. The maximum absolute atomic E-state index is 6.07. The van der Waals surface area contributed by atoms with Crippen LogP contribution >= 0.6 is 0 Å². The van der Waals surface area contributed by atoms with E-state index >= 15 is 0 Å². The summed E-state index contributed by atoms with van der Waals surface area (Å²) in [5.74, 6) is 0. The van der Waals surface area contributed by atoms with Gasteiger partial charge in [0.05, 0.1) is 39.1 Å². The number of para-hydroxylation sites is 4. The Bertz CT molecular complexity index is 4610. The van der Waals surface area contributed by atoms with Gasteiger partial charge in [0.15, 0.2) is 0 Å². The van der Waals surface area contributed by atoms with Crippen LogP contribution in [-0.4, -0.2) is 11.7 Å². The third kappa shape index (κ3) is 4.99. The standard InChI is InChI=1S/C75H52BN3/c1-72(2)49-28-10-14-32-53(49)74(54-33-15-11-29-50(54)72)57-36-18-20-42-63(57)78-65-44-48-46-26-8-9-27-47(46)67(45-24-6-5-7-25-45)77-68(48)71-66(65)76(61-40-22-38-59(74)69(61)78)62-41-23-39-60-70(62)79(71)64-43-21-19-37-58(64)75(60)55-34-16-12-30-51(55)73(3,4)52-31-13-17-35-56(52)75/h5-44H,1-4H3. The summed E-state index contributed by atoms with van der Waals surface area (Å²) in [6.07, 6.45) is 0. The van der Waals surface area contributed by atoms with Crippen molar-refractivity contribution in [2.75, 3.05) is 9.80 Å². The van der Waals surface area contributed by atoms with Crippen molar-refractivity contribution in [2.24, 2.45) is 0 Å². The minimum absolute atomic E-state index is 0.152. The molecule has 0 saturated carbocycles. The molecule has 5 heterocycles. The summed E-state index contributed by atoms with van der Waals surface area (Å²) in [5, 5.41) is 3.48. The fraction of sp³-hybridized carbons (Fsp3) is 0.107. The molecule has 2 spiro atoms. The van der Waals surface area contributed by atoms with Crippen LogP contribution in [0.15, 0.2) is 243 Å². The second kappa shape index (κ2) is 14.9. The summed E-state index contributed by atoms with van der Waals surface area (Å²) in [6.45, 7) is 9.53. The maximum atomic E-state index is 6.07. The second-order valence-corrected chi connectivity index (χ2v) is 24.0. The van der Waals surface area contributed by atoms with E-state index in [9.17, 15) is 0 Å². The predicted molar refractivity (Wildman–Crippen MR) is 327 cm³/mol. The predicted octanol–water partition coefficient (Wildman–Crippen LogP) is 15.8. The number of anilines is 6. The first-order valence-electron chi connectivity index (χ1n) is 28.2. The molecule has 11 aromatic carbocycles. The molecular formula is C75H52BN3. The molecule has 370 valence electrons. The van der Waals surface area contributed by atoms with Gasteiger partial charge < -0.3 is 9.80 Å². The molecule has 0 amide bonds. The fourth-order valence-electron chi connectivity index (χ4n) is 16.9. The van der Waals surface area contributed by atoms with E-state index in [2.05, 4.69) is 280 Å². The van der Waals surface area contributed by atoms with E-state index in [1.807, 2.05) is 0 Å². The van der Waals surface area contributed by atoms with Crippen LogP contribution in [0.25, 0.3) is 32.9 Å². The summed E-state index contributed by atoms with van der Waals surface area (Å²) in [7, 11) is 0. The SMILES string of the molecule is CC1(C)c2ccccc2C2(c3ccccc3N3c4cc5c(nc(-c6ccccc6)c6ccccc65)c5c4B(c4cccc2c43)c2cccc3c2N5c2ccccc2C32c3ccccc3C(C)(C)c3ccccc32)c2ccccc21. The number of benzene rings is 11. The third-order valence-electron chi connectivity index (χ3n) is 19.9. The van der Waals surface area contributed by atoms with Gasteiger partial charge in [0.2, 0.25) is 0 Å². The van der Waals surface area contributed by atoms with Gasteiger partial charge in [-0.15, -0.1) is 0 Å². The molecular weight excluding hydrogens is 954 g/mol. The van der Waals surface area contributed by atoms with Gasteiger partial charge in [-0.2, -0.15) is 0 Å². The Morgan fingerprint density at radius 2 is 0.709 bits per heavy atom. The van der Waals surface area contributed by atoms with Crippen molar-refractivity contribution in [1.29, 1.82) is 0 Å². The van der Waals surface area contributed by atoms with Crippen molar-refractivity contribution in [1.82, 2.24) is 4.98 Å². The zero-order chi connectivity index (χ0) is 52.3. The average molecular weight is 1010 g/mol. The van der Waals surface area contributed by atoms with Gasteiger partial charge in [-0.25, -0.2) is 4.98 Å². The van der Waals surface area contributed by atoms with Gasteiger partial charge in [0.1, 0.15) is 0 Å². The minimum atomic E-state index is -0.635. The molecule has 4 heteroatoms. The van der Waals surface area contributed by atoms with Gasteiger partial charge in [0, 0.05) is 44.2 Å². The summed E-state index contributed by atoms with van der Waals surface area (Å²) in [5.41, 5.74) is 28.7. The molecule has 0 radical (unpaired) electrons. The van der Waals surface area contributed by atoms with E-state index in [0.29, 0.717) is 0 Å². The smallest absolute Gasteiger partial charge is 0.252 e. The first-order chi connectivity index (χ1) is 38.8. The van der Waals surface area contributed by atoms with Gasteiger partial charge >= 0.3 is 0 Å². The molecule has 0 unspecified atom stereocenters. The van der Waals surface area contributed by atoms with Gasteiger partial charge in [-0.05, 0) is 107 Å². The number of rotatable bonds is 1. The Balaban J connectivity index is 1.05. The van der Waals surface area contributed by atoms with Crippen molar-refractivity contribution < 1.29 is 0 Å². The Hall–Kier alpha value is -9.25. The van der Waals surface area contributed by atoms with Crippen LogP contribution in [0.5, 0.6) is 0 Å². The highest BCUT2D eigenvalue weighted by atomic mass is 15.2. The van der Waals surface area contributed by atoms with Crippen LogP contribution in [0.4, 0.5) is 34.1 Å². The number of pyridine rings is 1. The van der Waals surface area contributed by atoms with Gasteiger partial charge in [0.25, 0.3) is 6.71 Å². The Morgan fingerprint density at radius 1 is 0.316 bits per heavy atom. The highest BCUT2D eigenvalue weighted by Gasteiger charge is 2.59. The number of hydrogen-bond donors (Lipinski definition) is 0. The van der Waals surface area contributed by atoms with Crippen molar-refractivity contribution in [3.63, 3.8) is 0 Å². The van der Waals surface area contributed by atoms with Crippen molar-refractivity contribution in [3.05, 3.63) is 309 Å². The second-order valence-electron chi connectivity index (χ2n) is 24.0. The fourth-order valence-corrected chi connectivity index (χ4v) is 16.9. The highest BCUT2D eigenvalue weighted by Crippen LogP contribution is 2.67. The molecule has 1 aromatic heterocycles. The molecule has 0 N–H and O–H groups in total. The molecule has 2 aliphatic carbocycles. The van der Waals surface area contributed by atoms with Crippen LogP contribution in [0.1, 0.15) is 94.5 Å².